The zero-order valence-electron chi connectivity index (χ0n) is 12.3. The quantitative estimate of drug-likeness (QED) is 0.837. The van der Waals surface area contributed by atoms with Gasteiger partial charge in [-0.25, -0.2) is 12.7 Å². The molecule has 0 aromatic rings. The second-order valence-corrected chi connectivity index (χ2v) is 8.18. The predicted molar refractivity (Wildman–Crippen MR) is 78.8 cm³/mol. The van der Waals surface area contributed by atoms with Gasteiger partial charge >= 0.3 is 0 Å². The van der Waals surface area contributed by atoms with Gasteiger partial charge in [-0.3, -0.25) is 4.79 Å². The Morgan fingerprint density at radius 1 is 1.15 bits per heavy atom. The molecule has 1 aliphatic carbocycles. The molecule has 0 spiro atoms. The lowest BCUT2D eigenvalue weighted by atomic mass is 10.0. The van der Waals surface area contributed by atoms with Crippen molar-refractivity contribution >= 4 is 15.9 Å². The summed E-state index contributed by atoms with van der Waals surface area (Å²) in [5, 5.41) is 3.05. The Kier molecular flexibility index (Phi) is 5.43. The molecule has 1 saturated carbocycles. The van der Waals surface area contributed by atoms with Crippen molar-refractivity contribution in [2.45, 2.75) is 57.4 Å². The Morgan fingerprint density at radius 2 is 1.75 bits per heavy atom. The summed E-state index contributed by atoms with van der Waals surface area (Å²) in [7, 11) is -3.08. The lowest BCUT2D eigenvalue weighted by Gasteiger charge is -2.30. The molecule has 2 fully saturated rings. The summed E-state index contributed by atoms with van der Waals surface area (Å²) < 4.78 is 24.3. The number of piperidine rings is 1. The fourth-order valence-electron chi connectivity index (χ4n) is 3.27. The van der Waals surface area contributed by atoms with Crippen molar-refractivity contribution in [2.24, 2.45) is 5.92 Å². The number of amides is 1. The van der Waals surface area contributed by atoms with Crippen LogP contribution in [0, 0.1) is 5.92 Å². The Balaban J connectivity index is 1.65. The van der Waals surface area contributed by atoms with Gasteiger partial charge in [-0.05, 0) is 25.2 Å². The van der Waals surface area contributed by atoms with Gasteiger partial charge in [0, 0.05) is 25.6 Å². The van der Waals surface area contributed by atoms with Crippen molar-refractivity contribution in [3.8, 4) is 0 Å². The average Bonchev–Trinajstić information content (AvgIpc) is 2.89. The molecule has 2 rings (SSSR count). The molecule has 116 valence electrons. The van der Waals surface area contributed by atoms with E-state index in [0.717, 1.165) is 25.2 Å². The first-order valence-corrected chi connectivity index (χ1v) is 9.54. The first-order chi connectivity index (χ1) is 9.45. The smallest absolute Gasteiger partial charge is 0.220 e. The zero-order valence-corrected chi connectivity index (χ0v) is 13.1. The third kappa shape index (κ3) is 4.74. The molecule has 1 amide bonds. The highest BCUT2D eigenvalue weighted by atomic mass is 32.2. The number of hydrogen-bond acceptors (Lipinski definition) is 3. The first-order valence-electron chi connectivity index (χ1n) is 7.69. The highest BCUT2D eigenvalue weighted by Gasteiger charge is 2.25. The summed E-state index contributed by atoms with van der Waals surface area (Å²) in [5.41, 5.74) is 0. The second kappa shape index (κ2) is 6.89. The highest BCUT2D eigenvalue weighted by molar-refractivity contribution is 7.88. The van der Waals surface area contributed by atoms with Crippen LogP contribution in [0.3, 0.4) is 0 Å². The lowest BCUT2D eigenvalue weighted by molar-refractivity contribution is -0.122. The maximum absolute atomic E-state index is 11.9. The molecule has 0 unspecified atom stereocenters. The number of sulfonamides is 1. The highest BCUT2D eigenvalue weighted by Crippen LogP contribution is 2.28. The molecule has 1 N–H and O–H groups in total. The minimum Gasteiger partial charge on any atom is -0.353 e. The fraction of sp³-hybridized carbons (Fsp3) is 0.929. The molecule has 6 heteroatoms. The molecule has 0 aromatic carbocycles. The Morgan fingerprint density at radius 3 is 2.30 bits per heavy atom. The molecule has 2 aliphatic rings. The molecular weight excluding hydrogens is 276 g/mol. The van der Waals surface area contributed by atoms with Crippen LogP contribution in [0.5, 0.6) is 0 Å². The van der Waals surface area contributed by atoms with Crippen molar-refractivity contribution < 1.29 is 13.2 Å². The van der Waals surface area contributed by atoms with E-state index < -0.39 is 10.0 Å². The molecule has 5 nitrogen and oxygen atoms in total. The van der Waals surface area contributed by atoms with Gasteiger partial charge in [-0.2, -0.15) is 0 Å². The summed E-state index contributed by atoms with van der Waals surface area (Å²) in [4.78, 5) is 11.9. The standard InChI is InChI=1S/C14H26N2O3S/c1-20(18,19)16-10-8-13(9-11-16)15-14(17)7-6-12-4-2-3-5-12/h12-13H,2-11H2,1H3,(H,15,17). The maximum Gasteiger partial charge on any atom is 0.220 e. The van der Waals surface area contributed by atoms with Crippen molar-refractivity contribution in [3.63, 3.8) is 0 Å². The van der Waals surface area contributed by atoms with E-state index in [0.29, 0.717) is 19.5 Å². The van der Waals surface area contributed by atoms with Crippen molar-refractivity contribution in [1.29, 1.82) is 0 Å². The summed E-state index contributed by atoms with van der Waals surface area (Å²) >= 11 is 0. The van der Waals surface area contributed by atoms with E-state index in [1.54, 1.807) is 0 Å². The molecule has 0 radical (unpaired) electrons. The van der Waals surface area contributed by atoms with Gasteiger partial charge in [0.15, 0.2) is 0 Å². The number of carbonyl (C=O) groups is 1. The summed E-state index contributed by atoms with van der Waals surface area (Å²) in [6.07, 6.45) is 9.51. The first kappa shape index (κ1) is 15.8. The zero-order chi connectivity index (χ0) is 14.6. The van der Waals surface area contributed by atoms with E-state index in [4.69, 9.17) is 0 Å². The van der Waals surface area contributed by atoms with Gasteiger partial charge in [0.05, 0.1) is 6.26 Å². The molecule has 0 aromatic heterocycles. The molecule has 1 heterocycles. The van der Waals surface area contributed by atoms with Crippen LogP contribution in [0.4, 0.5) is 0 Å². The van der Waals surface area contributed by atoms with E-state index in [2.05, 4.69) is 5.32 Å². The van der Waals surface area contributed by atoms with Crippen LogP contribution in [0.1, 0.15) is 51.4 Å². The van der Waals surface area contributed by atoms with E-state index >= 15 is 0 Å². The number of hydrogen-bond donors (Lipinski definition) is 1. The lowest BCUT2D eigenvalue weighted by Crippen LogP contribution is -2.46. The van der Waals surface area contributed by atoms with Gasteiger partial charge in [0.2, 0.25) is 15.9 Å². The molecule has 20 heavy (non-hydrogen) atoms. The van der Waals surface area contributed by atoms with E-state index in [9.17, 15) is 13.2 Å². The third-order valence-corrected chi connectivity index (χ3v) is 5.85. The molecule has 1 saturated heterocycles. The number of rotatable bonds is 5. The van der Waals surface area contributed by atoms with Gasteiger partial charge in [-0.15, -0.1) is 0 Å². The van der Waals surface area contributed by atoms with Crippen LogP contribution in [0.15, 0.2) is 0 Å². The summed E-state index contributed by atoms with van der Waals surface area (Å²) in [6, 6.07) is 0.143. The van der Waals surface area contributed by atoms with Crippen molar-refractivity contribution in [1.82, 2.24) is 9.62 Å². The van der Waals surface area contributed by atoms with Crippen LogP contribution < -0.4 is 5.32 Å². The van der Waals surface area contributed by atoms with Crippen LogP contribution in [0.2, 0.25) is 0 Å². The van der Waals surface area contributed by atoms with Crippen LogP contribution >= 0.6 is 0 Å². The molecule has 1 aliphatic heterocycles. The Bertz CT molecular complexity index is 422. The normalized spacial score (nSPS) is 23.1. The SMILES string of the molecule is CS(=O)(=O)N1CCC(NC(=O)CCC2CCCC2)CC1. The molecular formula is C14H26N2O3S. The van der Waals surface area contributed by atoms with Gasteiger partial charge in [0.25, 0.3) is 0 Å². The molecule has 0 atom stereocenters. The predicted octanol–water partition coefficient (Wildman–Crippen LogP) is 1.50. The van der Waals surface area contributed by atoms with Crippen LogP contribution in [-0.2, 0) is 14.8 Å². The second-order valence-electron chi connectivity index (χ2n) is 6.19. The van der Waals surface area contributed by atoms with Gasteiger partial charge in [0.1, 0.15) is 0 Å². The van der Waals surface area contributed by atoms with Gasteiger partial charge in [-0.1, -0.05) is 25.7 Å². The van der Waals surface area contributed by atoms with E-state index in [1.807, 2.05) is 0 Å². The Hall–Kier alpha value is -0.620. The van der Waals surface area contributed by atoms with Crippen LogP contribution in [-0.4, -0.2) is 44.0 Å². The average molecular weight is 302 g/mol. The summed E-state index contributed by atoms with van der Waals surface area (Å²) in [5.74, 6) is 0.877. The van der Waals surface area contributed by atoms with Gasteiger partial charge < -0.3 is 5.32 Å². The molecule has 0 bridgehead atoms. The van der Waals surface area contributed by atoms with Crippen molar-refractivity contribution in [2.75, 3.05) is 19.3 Å². The summed E-state index contributed by atoms with van der Waals surface area (Å²) in [6.45, 7) is 1.04. The largest absolute Gasteiger partial charge is 0.353 e. The monoisotopic (exact) mass is 302 g/mol. The van der Waals surface area contributed by atoms with Crippen LogP contribution in [0.25, 0.3) is 0 Å². The maximum atomic E-state index is 11.9. The van der Waals surface area contributed by atoms with E-state index in [1.165, 1.54) is 36.2 Å². The number of nitrogens with zero attached hydrogens (tertiary/aromatic N) is 1. The van der Waals surface area contributed by atoms with E-state index in [-0.39, 0.29) is 11.9 Å². The minimum atomic E-state index is -3.08. The minimum absolute atomic E-state index is 0.134. The topological polar surface area (TPSA) is 66.5 Å². The Labute approximate surface area is 122 Å². The number of carbonyl (C=O) groups excluding carboxylic acids is 1. The third-order valence-electron chi connectivity index (χ3n) is 4.54. The fourth-order valence-corrected chi connectivity index (χ4v) is 4.14. The van der Waals surface area contributed by atoms with Crippen molar-refractivity contribution in [3.05, 3.63) is 0 Å². The number of nitrogens with one attached hydrogen (secondary N) is 1.